The number of allylic oxidation sites excluding steroid dienone is 2. The number of aryl methyl sites for hydroxylation is 1. The Kier molecular flexibility index (Phi) is 10.7. The van der Waals surface area contributed by atoms with Crippen molar-refractivity contribution < 1.29 is 24.9 Å². The minimum absolute atomic E-state index is 0.0799. The zero-order valence-electron chi connectivity index (χ0n) is 18.3. The lowest BCUT2D eigenvalue weighted by molar-refractivity contribution is -0.114. The summed E-state index contributed by atoms with van der Waals surface area (Å²) < 4.78 is 5.72. The maximum atomic E-state index is 12.1. The largest absolute Gasteiger partial charge is 0.508 e. The van der Waals surface area contributed by atoms with Gasteiger partial charge in [-0.15, -0.1) is 0 Å². The monoisotopic (exact) mass is 426 g/mol. The molecule has 0 saturated heterocycles. The molecule has 0 aliphatic carbocycles. The summed E-state index contributed by atoms with van der Waals surface area (Å²) in [4.78, 5) is 12.1. The van der Waals surface area contributed by atoms with E-state index in [4.69, 9.17) is 4.74 Å². The Morgan fingerprint density at radius 3 is 2.48 bits per heavy atom. The summed E-state index contributed by atoms with van der Waals surface area (Å²) in [5.41, 5.74) is 1.98. The topological polar surface area (TPSA) is 87.0 Å². The van der Waals surface area contributed by atoms with Crippen molar-refractivity contribution in [3.8, 4) is 17.2 Å². The number of aliphatic hydroxyl groups excluding tert-OH is 1. The fourth-order valence-corrected chi connectivity index (χ4v) is 3.22. The Hall–Kier alpha value is -2.79. The highest BCUT2D eigenvalue weighted by atomic mass is 16.5. The fraction of sp³-hybridized carbons (Fsp3) is 0.423. The van der Waals surface area contributed by atoms with E-state index in [1.54, 1.807) is 43.3 Å². The van der Waals surface area contributed by atoms with E-state index in [9.17, 15) is 20.1 Å². The second-order valence-corrected chi connectivity index (χ2v) is 7.92. The van der Waals surface area contributed by atoms with Crippen LogP contribution in [0.1, 0.15) is 56.6 Å². The summed E-state index contributed by atoms with van der Waals surface area (Å²) in [6.07, 6.45) is 9.83. The molecule has 0 aromatic heterocycles. The van der Waals surface area contributed by atoms with E-state index in [1.165, 1.54) is 0 Å². The number of carbonyl (C=O) groups excluding carboxylic acids is 1. The average Bonchev–Trinajstić information content (AvgIpc) is 2.74. The number of phenolic OH excluding ortho intramolecular Hbond substituents is 2. The van der Waals surface area contributed by atoms with Crippen LogP contribution in [0.4, 0.5) is 0 Å². The molecule has 0 radical (unpaired) electrons. The molecular weight excluding hydrogens is 392 g/mol. The number of aromatic hydroxyl groups is 2. The van der Waals surface area contributed by atoms with Gasteiger partial charge in [0.05, 0.1) is 12.7 Å². The molecule has 5 nitrogen and oxygen atoms in total. The second-order valence-electron chi connectivity index (χ2n) is 7.92. The number of rotatable bonds is 14. The molecule has 168 valence electrons. The number of unbranched alkanes of at least 4 members (excludes halogenated alkanes) is 3. The number of phenols is 2. The molecule has 0 fully saturated rings. The molecular formula is C26H34O5. The van der Waals surface area contributed by atoms with E-state index in [2.05, 4.69) is 0 Å². The summed E-state index contributed by atoms with van der Waals surface area (Å²) in [6, 6.07) is 12.1. The smallest absolute Gasteiger partial charge is 0.161 e. The number of ketones is 1. The van der Waals surface area contributed by atoms with Gasteiger partial charge in [0.25, 0.3) is 0 Å². The van der Waals surface area contributed by atoms with Crippen LogP contribution in [0.5, 0.6) is 17.2 Å². The SMILES string of the molecule is CC(O)CCCCCC=CC(=O)CCc1ccc(O)c(OCCc2ccc(O)cc2)c1. The first-order valence-corrected chi connectivity index (χ1v) is 11.0. The van der Waals surface area contributed by atoms with Gasteiger partial charge in [0, 0.05) is 12.8 Å². The van der Waals surface area contributed by atoms with Gasteiger partial charge in [0.1, 0.15) is 5.75 Å². The first kappa shape index (κ1) is 24.5. The predicted octanol–water partition coefficient (Wildman–Crippen LogP) is 5.11. The van der Waals surface area contributed by atoms with Crippen molar-refractivity contribution in [1.82, 2.24) is 0 Å². The van der Waals surface area contributed by atoms with Gasteiger partial charge in [-0.3, -0.25) is 4.79 Å². The van der Waals surface area contributed by atoms with Crippen molar-refractivity contribution in [2.24, 2.45) is 0 Å². The van der Waals surface area contributed by atoms with Gasteiger partial charge < -0.3 is 20.1 Å². The van der Waals surface area contributed by atoms with Crippen LogP contribution < -0.4 is 4.74 Å². The molecule has 31 heavy (non-hydrogen) atoms. The molecule has 0 aliphatic heterocycles. The van der Waals surface area contributed by atoms with Crippen LogP contribution in [0.25, 0.3) is 0 Å². The lowest BCUT2D eigenvalue weighted by Gasteiger charge is -2.10. The number of hydrogen-bond acceptors (Lipinski definition) is 5. The van der Waals surface area contributed by atoms with E-state index in [0.29, 0.717) is 31.6 Å². The van der Waals surface area contributed by atoms with Crippen LogP contribution in [-0.4, -0.2) is 33.8 Å². The van der Waals surface area contributed by atoms with Crippen LogP contribution in [0.2, 0.25) is 0 Å². The molecule has 1 atom stereocenters. The number of ether oxygens (including phenoxy) is 1. The Bertz CT molecular complexity index is 824. The van der Waals surface area contributed by atoms with Crippen LogP contribution in [0, 0.1) is 0 Å². The first-order chi connectivity index (χ1) is 14.9. The molecule has 0 heterocycles. The fourth-order valence-electron chi connectivity index (χ4n) is 3.22. The Morgan fingerprint density at radius 2 is 1.74 bits per heavy atom. The number of aliphatic hydroxyl groups is 1. The molecule has 0 spiro atoms. The third kappa shape index (κ3) is 10.2. The number of hydrogen-bond donors (Lipinski definition) is 3. The van der Waals surface area contributed by atoms with Crippen molar-refractivity contribution in [2.45, 2.75) is 64.4 Å². The van der Waals surface area contributed by atoms with Gasteiger partial charge in [-0.05, 0) is 74.1 Å². The normalized spacial score (nSPS) is 12.2. The van der Waals surface area contributed by atoms with Crippen LogP contribution in [0.15, 0.2) is 54.6 Å². The molecule has 0 saturated carbocycles. The Labute approximate surface area is 185 Å². The molecule has 2 rings (SSSR count). The van der Waals surface area contributed by atoms with Crippen LogP contribution in [0.3, 0.4) is 0 Å². The lowest BCUT2D eigenvalue weighted by Crippen LogP contribution is -2.02. The summed E-state index contributed by atoms with van der Waals surface area (Å²) in [5, 5.41) is 28.6. The third-order valence-corrected chi connectivity index (χ3v) is 5.07. The van der Waals surface area contributed by atoms with Crippen molar-refractivity contribution in [1.29, 1.82) is 0 Å². The van der Waals surface area contributed by atoms with Crippen molar-refractivity contribution >= 4 is 5.78 Å². The zero-order chi connectivity index (χ0) is 22.5. The van der Waals surface area contributed by atoms with E-state index in [1.807, 2.05) is 18.2 Å². The lowest BCUT2D eigenvalue weighted by atomic mass is 10.1. The highest BCUT2D eigenvalue weighted by Gasteiger charge is 2.06. The first-order valence-electron chi connectivity index (χ1n) is 11.0. The quantitative estimate of drug-likeness (QED) is 0.289. The second kappa shape index (κ2) is 13.5. The van der Waals surface area contributed by atoms with Gasteiger partial charge in [-0.2, -0.15) is 0 Å². The summed E-state index contributed by atoms with van der Waals surface area (Å²) in [7, 11) is 0. The van der Waals surface area contributed by atoms with E-state index in [-0.39, 0.29) is 23.4 Å². The van der Waals surface area contributed by atoms with Crippen molar-refractivity contribution in [3.05, 3.63) is 65.7 Å². The summed E-state index contributed by atoms with van der Waals surface area (Å²) in [6.45, 7) is 2.21. The molecule has 1 unspecified atom stereocenters. The van der Waals surface area contributed by atoms with Gasteiger partial charge in [0.2, 0.25) is 0 Å². The summed E-state index contributed by atoms with van der Waals surface area (Å²) in [5.74, 6) is 0.812. The van der Waals surface area contributed by atoms with Crippen LogP contribution >= 0.6 is 0 Å². The van der Waals surface area contributed by atoms with Crippen molar-refractivity contribution in [3.63, 3.8) is 0 Å². The van der Waals surface area contributed by atoms with Crippen LogP contribution in [-0.2, 0) is 17.6 Å². The maximum absolute atomic E-state index is 12.1. The molecule has 3 N–H and O–H groups in total. The number of benzene rings is 2. The molecule has 0 amide bonds. The van der Waals surface area contributed by atoms with E-state index in [0.717, 1.165) is 43.2 Å². The highest BCUT2D eigenvalue weighted by molar-refractivity contribution is 5.89. The van der Waals surface area contributed by atoms with E-state index >= 15 is 0 Å². The third-order valence-electron chi connectivity index (χ3n) is 5.07. The van der Waals surface area contributed by atoms with Gasteiger partial charge in [-0.1, -0.05) is 37.1 Å². The predicted molar refractivity (Wildman–Crippen MR) is 123 cm³/mol. The summed E-state index contributed by atoms with van der Waals surface area (Å²) >= 11 is 0. The van der Waals surface area contributed by atoms with Gasteiger partial charge >= 0.3 is 0 Å². The minimum atomic E-state index is -0.234. The molecule has 0 bridgehead atoms. The zero-order valence-corrected chi connectivity index (χ0v) is 18.3. The Balaban J connectivity index is 1.71. The van der Waals surface area contributed by atoms with Gasteiger partial charge in [0.15, 0.2) is 17.3 Å². The van der Waals surface area contributed by atoms with Crippen molar-refractivity contribution in [2.75, 3.05) is 6.61 Å². The van der Waals surface area contributed by atoms with E-state index < -0.39 is 0 Å². The average molecular weight is 427 g/mol. The molecule has 0 aliphatic rings. The Morgan fingerprint density at radius 1 is 1.00 bits per heavy atom. The molecule has 2 aromatic rings. The highest BCUT2D eigenvalue weighted by Crippen LogP contribution is 2.27. The molecule has 5 heteroatoms. The molecule has 2 aromatic carbocycles. The standard InChI is InChI=1S/C26H34O5/c1-20(27)7-5-3-2-4-6-8-23(28)15-11-22-12-16-25(30)26(19-22)31-18-17-21-9-13-24(29)14-10-21/h6,8-10,12-14,16,19-20,27,29-30H,2-5,7,11,15,17-18H2,1H3. The minimum Gasteiger partial charge on any atom is -0.508 e. The van der Waals surface area contributed by atoms with Gasteiger partial charge in [-0.25, -0.2) is 0 Å². The maximum Gasteiger partial charge on any atom is 0.161 e. The number of carbonyl (C=O) groups is 1.